The van der Waals surface area contributed by atoms with Crippen LogP contribution in [0, 0.1) is 11.6 Å². The maximum absolute atomic E-state index is 13.4. The van der Waals surface area contributed by atoms with Gasteiger partial charge in [-0.05, 0) is 11.6 Å². The van der Waals surface area contributed by atoms with Crippen LogP contribution < -0.4 is 0 Å². The first-order chi connectivity index (χ1) is 6.68. The zero-order valence-electron chi connectivity index (χ0n) is 7.46. The molecule has 1 saturated heterocycles. The van der Waals surface area contributed by atoms with Gasteiger partial charge in [0, 0.05) is 11.8 Å². The van der Waals surface area contributed by atoms with Gasteiger partial charge in [-0.1, -0.05) is 6.07 Å². The molecule has 0 spiro atoms. The summed E-state index contributed by atoms with van der Waals surface area (Å²) in [6.07, 6.45) is 0. The molecule has 1 heterocycles. The second-order valence-corrected chi connectivity index (χ2v) is 3.87. The van der Waals surface area contributed by atoms with Crippen LogP contribution in [0.1, 0.15) is 5.56 Å². The van der Waals surface area contributed by atoms with Crippen molar-refractivity contribution in [3.8, 4) is 0 Å². The van der Waals surface area contributed by atoms with E-state index >= 15 is 0 Å². The zero-order chi connectivity index (χ0) is 10.2. The van der Waals surface area contributed by atoms with Crippen molar-refractivity contribution >= 4 is 12.6 Å². The highest BCUT2D eigenvalue weighted by molar-refractivity contribution is 7.80. The van der Waals surface area contributed by atoms with Crippen LogP contribution in [-0.4, -0.2) is 19.0 Å². The Bertz CT molecular complexity index is 344. The van der Waals surface area contributed by atoms with Crippen LogP contribution in [0.4, 0.5) is 8.78 Å². The number of hydrogen-bond donors (Lipinski definition) is 1. The van der Waals surface area contributed by atoms with Crippen molar-refractivity contribution in [2.75, 3.05) is 19.0 Å². The lowest BCUT2D eigenvalue weighted by atomic mass is 9.80. The van der Waals surface area contributed by atoms with Crippen molar-refractivity contribution in [3.63, 3.8) is 0 Å². The molecule has 1 aliphatic rings. The second kappa shape index (κ2) is 3.51. The van der Waals surface area contributed by atoms with E-state index in [1.54, 1.807) is 0 Å². The Kier molecular flexibility index (Phi) is 2.49. The van der Waals surface area contributed by atoms with Gasteiger partial charge in [0.05, 0.1) is 18.6 Å². The van der Waals surface area contributed by atoms with E-state index in [1.165, 1.54) is 12.1 Å². The predicted molar refractivity (Wildman–Crippen MR) is 52.7 cm³/mol. The molecule has 0 aliphatic carbocycles. The van der Waals surface area contributed by atoms with Gasteiger partial charge in [0.15, 0.2) is 0 Å². The van der Waals surface area contributed by atoms with Crippen molar-refractivity contribution in [2.45, 2.75) is 5.41 Å². The number of benzene rings is 1. The molecule has 2 rings (SSSR count). The quantitative estimate of drug-likeness (QED) is 0.745. The first-order valence-corrected chi connectivity index (χ1v) is 4.95. The van der Waals surface area contributed by atoms with Crippen LogP contribution in [0.3, 0.4) is 0 Å². The van der Waals surface area contributed by atoms with E-state index in [0.717, 1.165) is 6.07 Å². The molecular weight excluding hydrogens is 206 g/mol. The van der Waals surface area contributed by atoms with E-state index in [-0.39, 0.29) is 5.41 Å². The summed E-state index contributed by atoms with van der Waals surface area (Å²) < 4.78 is 31.2. The molecule has 1 aromatic carbocycles. The van der Waals surface area contributed by atoms with E-state index in [9.17, 15) is 8.78 Å². The zero-order valence-corrected chi connectivity index (χ0v) is 8.36. The predicted octanol–water partition coefficient (Wildman–Crippen LogP) is 2.16. The average molecular weight is 216 g/mol. The van der Waals surface area contributed by atoms with Gasteiger partial charge in [-0.15, -0.1) is 0 Å². The summed E-state index contributed by atoms with van der Waals surface area (Å²) in [7, 11) is 0. The van der Waals surface area contributed by atoms with Gasteiger partial charge in [0.1, 0.15) is 11.6 Å². The molecule has 76 valence electrons. The summed E-state index contributed by atoms with van der Waals surface area (Å²) in [5.74, 6) is -0.557. The van der Waals surface area contributed by atoms with Crippen LogP contribution in [0.25, 0.3) is 0 Å². The fourth-order valence-corrected chi connectivity index (χ4v) is 1.95. The lowest BCUT2D eigenvalue weighted by molar-refractivity contribution is -0.0486. The Morgan fingerprint density at radius 2 is 2.07 bits per heavy atom. The lowest BCUT2D eigenvalue weighted by Crippen LogP contribution is -2.49. The van der Waals surface area contributed by atoms with Crippen molar-refractivity contribution in [2.24, 2.45) is 0 Å². The molecule has 14 heavy (non-hydrogen) atoms. The van der Waals surface area contributed by atoms with Crippen LogP contribution in [0.5, 0.6) is 0 Å². The highest BCUT2D eigenvalue weighted by Crippen LogP contribution is 2.35. The van der Waals surface area contributed by atoms with Crippen LogP contribution in [-0.2, 0) is 10.2 Å². The Morgan fingerprint density at radius 1 is 1.36 bits per heavy atom. The van der Waals surface area contributed by atoms with Crippen molar-refractivity contribution in [3.05, 3.63) is 35.4 Å². The Balaban J connectivity index is 2.40. The molecule has 0 N–H and O–H groups in total. The van der Waals surface area contributed by atoms with Crippen LogP contribution in [0.2, 0.25) is 0 Å². The molecule has 0 bridgehead atoms. The largest absolute Gasteiger partial charge is 0.379 e. The minimum absolute atomic E-state index is 0.360. The van der Waals surface area contributed by atoms with Crippen molar-refractivity contribution in [1.29, 1.82) is 0 Å². The monoisotopic (exact) mass is 216 g/mol. The first-order valence-electron chi connectivity index (χ1n) is 4.32. The minimum atomic E-state index is -0.555. The molecule has 0 aromatic heterocycles. The minimum Gasteiger partial charge on any atom is -0.379 e. The molecule has 0 atom stereocenters. The molecule has 1 fully saturated rings. The molecule has 1 aliphatic heterocycles. The fraction of sp³-hybridized carbons (Fsp3) is 0.400. The topological polar surface area (TPSA) is 9.23 Å². The van der Waals surface area contributed by atoms with Gasteiger partial charge in [0.25, 0.3) is 0 Å². The average Bonchev–Trinajstić information content (AvgIpc) is 2.07. The summed E-state index contributed by atoms with van der Waals surface area (Å²) >= 11 is 4.18. The molecule has 0 radical (unpaired) electrons. The summed E-state index contributed by atoms with van der Waals surface area (Å²) in [4.78, 5) is 0. The summed E-state index contributed by atoms with van der Waals surface area (Å²) in [6, 6.07) is 3.64. The lowest BCUT2D eigenvalue weighted by Gasteiger charge is -2.40. The number of halogens is 2. The van der Waals surface area contributed by atoms with Gasteiger partial charge >= 0.3 is 0 Å². The first kappa shape index (κ1) is 9.93. The van der Waals surface area contributed by atoms with Gasteiger partial charge in [0.2, 0.25) is 0 Å². The maximum atomic E-state index is 13.4. The van der Waals surface area contributed by atoms with Gasteiger partial charge in [-0.25, -0.2) is 8.78 Å². The molecule has 4 heteroatoms. The van der Waals surface area contributed by atoms with E-state index in [4.69, 9.17) is 4.74 Å². The standard InChI is InChI=1S/C10H10F2OS/c11-7-1-2-8(9(12)3-7)10(6-14)4-13-5-10/h1-3,14H,4-6H2. The molecule has 1 nitrogen and oxygen atoms in total. The maximum Gasteiger partial charge on any atom is 0.130 e. The third-order valence-electron chi connectivity index (χ3n) is 2.56. The van der Waals surface area contributed by atoms with Gasteiger partial charge < -0.3 is 4.74 Å². The fourth-order valence-electron chi connectivity index (χ4n) is 1.60. The number of hydrogen-bond acceptors (Lipinski definition) is 2. The van der Waals surface area contributed by atoms with Gasteiger partial charge in [-0.2, -0.15) is 12.6 Å². The summed E-state index contributed by atoms with van der Waals surface area (Å²) in [5.41, 5.74) is 0.140. The molecule has 1 aromatic rings. The van der Waals surface area contributed by atoms with Gasteiger partial charge in [-0.3, -0.25) is 0 Å². The van der Waals surface area contributed by atoms with Crippen molar-refractivity contribution < 1.29 is 13.5 Å². The van der Waals surface area contributed by atoms with E-state index in [2.05, 4.69) is 12.6 Å². The van der Waals surface area contributed by atoms with E-state index in [1.807, 2.05) is 0 Å². The summed E-state index contributed by atoms with van der Waals surface area (Å²) in [5, 5.41) is 0. The van der Waals surface area contributed by atoms with Crippen LogP contribution in [0.15, 0.2) is 18.2 Å². The Hall–Kier alpha value is -0.610. The Morgan fingerprint density at radius 3 is 2.50 bits per heavy atom. The highest BCUT2D eigenvalue weighted by Gasteiger charge is 2.41. The third-order valence-corrected chi connectivity index (χ3v) is 3.17. The number of thiol groups is 1. The van der Waals surface area contributed by atoms with E-state index in [0.29, 0.717) is 24.5 Å². The van der Waals surface area contributed by atoms with Crippen LogP contribution >= 0.6 is 12.6 Å². The highest BCUT2D eigenvalue weighted by atomic mass is 32.1. The third kappa shape index (κ3) is 1.42. The molecule has 0 saturated carbocycles. The van der Waals surface area contributed by atoms with Crippen molar-refractivity contribution in [1.82, 2.24) is 0 Å². The number of rotatable bonds is 2. The van der Waals surface area contributed by atoms with E-state index < -0.39 is 11.6 Å². The Labute approximate surface area is 86.5 Å². The smallest absolute Gasteiger partial charge is 0.130 e. The normalized spacial score (nSPS) is 19.1. The molecule has 0 amide bonds. The SMILES string of the molecule is Fc1ccc(C2(CS)COC2)c(F)c1. The summed E-state index contributed by atoms with van der Waals surface area (Å²) in [6.45, 7) is 0.915. The molecular formula is C10H10F2OS. The molecule has 0 unspecified atom stereocenters. The number of ether oxygens (including phenoxy) is 1. The second-order valence-electron chi connectivity index (χ2n) is 3.56.